The fourth-order valence-electron chi connectivity index (χ4n) is 1.70. The molecule has 2 heterocycles. The van der Waals surface area contributed by atoms with Crippen LogP contribution in [0, 0.1) is 0 Å². The van der Waals surface area contributed by atoms with Gasteiger partial charge in [-0.1, -0.05) is 5.16 Å². The van der Waals surface area contributed by atoms with Crippen molar-refractivity contribution < 1.29 is 8.94 Å². The standard InChI is InChI=1S/C12H14N2O2/c1-2-11(15-5-1)8-13-7-10-6-12(16-14-10)9-3-4-9/h1-2,5-6,9,13H,3-4,7-8H2. The second-order valence-corrected chi connectivity index (χ2v) is 4.18. The van der Waals surface area contributed by atoms with Crippen molar-refractivity contribution in [3.63, 3.8) is 0 Å². The van der Waals surface area contributed by atoms with Crippen molar-refractivity contribution in [2.45, 2.75) is 31.8 Å². The van der Waals surface area contributed by atoms with Gasteiger partial charge in [-0.3, -0.25) is 0 Å². The Kier molecular flexibility index (Phi) is 2.50. The highest BCUT2D eigenvalue weighted by molar-refractivity contribution is 5.14. The van der Waals surface area contributed by atoms with E-state index in [0.717, 1.165) is 30.3 Å². The Balaban J connectivity index is 1.50. The molecule has 0 bridgehead atoms. The topological polar surface area (TPSA) is 51.2 Å². The minimum absolute atomic E-state index is 0.631. The van der Waals surface area contributed by atoms with Crippen LogP contribution < -0.4 is 5.32 Å². The third-order valence-corrected chi connectivity index (χ3v) is 2.74. The summed E-state index contributed by atoms with van der Waals surface area (Å²) in [5.74, 6) is 2.60. The van der Waals surface area contributed by atoms with Gasteiger partial charge in [0, 0.05) is 18.5 Å². The largest absolute Gasteiger partial charge is 0.468 e. The molecule has 1 aliphatic rings. The van der Waals surface area contributed by atoms with E-state index in [4.69, 9.17) is 8.94 Å². The van der Waals surface area contributed by atoms with Gasteiger partial charge in [0.2, 0.25) is 0 Å². The molecule has 16 heavy (non-hydrogen) atoms. The van der Waals surface area contributed by atoms with Gasteiger partial charge < -0.3 is 14.3 Å². The Morgan fingerprint density at radius 1 is 1.38 bits per heavy atom. The molecule has 3 rings (SSSR count). The van der Waals surface area contributed by atoms with Crippen LogP contribution in [0.15, 0.2) is 33.4 Å². The maximum absolute atomic E-state index is 5.26. The molecule has 0 aromatic carbocycles. The van der Waals surface area contributed by atoms with Gasteiger partial charge in [0.15, 0.2) is 0 Å². The van der Waals surface area contributed by atoms with E-state index in [1.807, 2.05) is 18.2 Å². The number of nitrogens with zero attached hydrogens (tertiary/aromatic N) is 1. The average molecular weight is 218 g/mol. The van der Waals surface area contributed by atoms with Crippen molar-refractivity contribution in [2.24, 2.45) is 0 Å². The average Bonchev–Trinajstić information content (AvgIpc) is 2.83. The van der Waals surface area contributed by atoms with Crippen molar-refractivity contribution >= 4 is 0 Å². The lowest BCUT2D eigenvalue weighted by molar-refractivity contribution is 0.375. The first-order valence-corrected chi connectivity index (χ1v) is 5.60. The lowest BCUT2D eigenvalue weighted by Crippen LogP contribution is -2.12. The van der Waals surface area contributed by atoms with E-state index in [-0.39, 0.29) is 0 Å². The quantitative estimate of drug-likeness (QED) is 0.837. The van der Waals surface area contributed by atoms with Gasteiger partial charge in [-0.2, -0.15) is 0 Å². The molecule has 0 spiro atoms. The zero-order chi connectivity index (χ0) is 10.8. The van der Waals surface area contributed by atoms with E-state index < -0.39 is 0 Å². The summed E-state index contributed by atoms with van der Waals surface area (Å²) in [5, 5.41) is 7.29. The Morgan fingerprint density at radius 3 is 3.06 bits per heavy atom. The van der Waals surface area contributed by atoms with Gasteiger partial charge in [-0.15, -0.1) is 0 Å². The molecule has 2 aromatic rings. The van der Waals surface area contributed by atoms with Crippen LogP contribution in [0.25, 0.3) is 0 Å². The third-order valence-electron chi connectivity index (χ3n) is 2.74. The summed E-state index contributed by atoms with van der Waals surface area (Å²) in [7, 11) is 0. The molecule has 4 heteroatoms. The first-order chi connectivity index (χ1) is 7.92. The smallest absolute Gasteiger partial charge is 0.140 e. The molecule has 0 unspecified atom stereocenters. The molecule has 4 nitrogen and oxygen atoms in total. The Bertz CT molecular complexity index is 443. The summed E-state index contributed by atoms with van der Waals surface area (Å²) >= 11 is 0. The maximum Gasteiger partial charge on any atom is 0.140 e. The van der Waals surface area contributed by atoms with Gasteiger partial charge in [0.25, 0.3) is 0 Å². The molecule has 1 fully saturated rings. The molecular weight excluding hydrogens is 204 g/mol. The van der Waals surface area contributed by atoms with Crippen molar-refractivity contribution in [3.05, 3.63) is 41.7 Å². The summed E-state index contributed by atoms with van der Waals surface area (Å²) in [6, 6.07) is 5.89. The summed E-state index contributed by atoms with van der Waals surface area (Å²) < 4.78 is 10.5. The second kappa shape index (κ2) is 4.14. The van der Waals surface area contributed by atoms with Crippen LogP contribution in [-0.2, 0) is 13.1 Å². The van der Waals surface area contributed by atoms with E-state index in [9.17, 15) is 0 Å². The van der Waals surface area contributed by atoms with Gasteiger partial charge in [0.1, 0.15) is 11.5 Å². The van der Waals surface area contributed by atoms with Crippen molar-refractivity contribution in [1.29, 1.82) is 0 Å². The monoisotopic (exact) mass is 218 g/mol. The SMILES string of the molecule is c1coc(CNCc2cc(C3CC3)on2)c1. The molecule has 0 radical (unpaired) electrons. The zero-order valence-corrected chi connectivity index (χ0v) is 8.98. The second-order valence-electron chi connectivity index (χ2n) is 4.18. The Labute approximate surface area is 93.6 Å². The number of aromatic nitrogens is 1. The van der Waals surface area contributed by atoms with Crippen LogP contribution in [0.4, 0.5) is 0 Å². The van der Waals surface area contributed by atoms with E-state index in [1.165, 1.54) is 12.8 Å². The van der Waals surface area contributed by atoms with Crippen LogP contribution in [0.2, 0.25) is 0 Å². The van der Waals surface area contributed by atoms with Gasteiger partial charge in [-0.25, -0.2) is 0 Å². The zero-order valence-electron chi connectivity index (χ0n) is 8.98. The number of furan rings is 1. The number of rotatable bonds is 5. The summed E-state index contributed by atoms with van der Waals surface area (Å²) in [5.41, 5.74) is 0.966. The van der Waals surface area contributed by atoms with E-state index in [2.05, 4.69) is 10.5 Å². The minimum Gasteiger partial charge on any atom is -0.468 e. The highest BCUT2D eigenvalue weighted by Gasteiger charge is 2.27. The van der Waals surface area contributed by atoms with Gasteiger partial charge >= 0.3 is 0 Å². The maximum atomic E-state index is 5.26. The van der Waals surface area contributed by atoms with Crippen LogP contribution >= 0.6 is 0 Å². The number of hydrogen-bond donors (Lipinski definition) is 1. The number of nitrogens with one attached hydrogen (secondary N) is 1. The molecule has 0 saturated heterocycles. The summed E-state index contributed by atoms with van der Waals surface area (Å²) in [4.78, 5) is 0. The lowest BCUT2D eigenvalue weighted by Gasteiger charge is -1.97. The molecule has 0 atom stereocenters. The Morgan fingerprint density at radius 2 is 2.31 bits per heavy atom. The molecule has 1 N–H and O–H groups in total. The summed E-state index contributed by atoms with van der Waals surface area (Å²) in [6.45, 7) is 1.44. The lowest BCUT2D eigenvalue weighted by atomic mass is 10.3. The van der Waals surface area contributed by atoms with Crippen molar-refractivity contribution in [2.75, 3.05) is 0 Å². The van der Waals surface area contributed by atoms with Crippen molar-refractivity contribution in [3.8, 4) is 0 Å². The minimum atomic E-state index is 0.631. The van der Waals surface area contributed by atoms with Crippen LogP contribution in [-0.4, -0.2) is 5.16 Å². The molecule has 0 aliphatic heterocycles. The highest BCUT2D eigenvalue weighted by Crippen LogP contribution is 2.40. The normalized spacial score (nSPS) is 15.5. The molecule has 1 saturated carbocycles. The molecule has 2 aromatic heterocycles. The van der Waals surface area contributed by atoms with E-state index in [0.29, 0.717) is 5.92 Å². The fourth-order valence-corrected chi connectivity index (χ4v) is 1.70. The number of hydrogen-bond acceptors (Lipinski definition) is 4. The van der Waals surface area contributed by atoms with Crippen LogP contribution in [0.5, 0.6) is 0 Å². The molecule has 1 aliphatic carbocycles. The van der Waals surface area contributed by atoms with Gasteiger partial charge in [-0.05, 0) is 25.0 Å². The fraction of sp³-hybridized carbons (Fsp3) is 0.417. The molecule has 84 valence electrons. The van der Waals surface area contributed by atoms with E-state index in [1.54, 1.807) is 6.26 Å². The van der Waals surface area contributed by atoms with Gasteiger partial charge in [0.05, 0.1) is 18.5 Å². The first-order valence-electron chi connectivity index (χ1n) is 5.60. The van der Waals surface area contributed by atoms with Crippen molar-refractivity contribution in [1.82, 2.24) is 10.5 Å². The van der Waals surface area contributed by atoms with Crippen LogP contribution in [0.1, 0.15) is 36.0 Å². The predicted octanol–water partition coefficient (Wildman–Crippen LogP) is 2.43. The van der Waals surface area contributed by atoms with E-state index >= 15 is 0 Å². The first kappa shape index (κ1) is 9.66. The molecular formula is C12H14N2O2. The van der Waals surface area contributed by atoms with Crippen LogP contribution in [0.3, 0.4) is 0 Å². The predicted molar refractivity (Wildman–Crippen MR) is 57.7 cm³/mol. The molecule has 0 amide bonds. The Hall–Kier alpha value is -1.55. The summed E-state index contributed by atoms with van der Waals surface area (Å²) in [6.07, 6.45) is 4.17. The third kappa shape index (κ3) is 2.17. The highest BCUT2D eigenvalue weighted by atomic mass is 16.5.